The molecule has 0 spiro atoms. The quantitative estimate of drug-likeness (QED) is 0.782. The third-order valence-corrected chi connectivity index (χ3v) is 4.89. The summed E-state index contributed by atoms with van der Waals surface area (Å²) in [6.07, 6.45) is 1.50. The monoisotopic (exact) mass is 342 g/mol. The number of hydrogen-bond acceptors (Lipinski definition) is 4. The van der Waals surface area contributed by atoms with Crippen molar-refractivity contribution < 1.29 is 12.9 Å². The zero-order valence-electron chi connectivity index (χ0n) is 10.4. The second-order valence-electron chi connectivity index (χ2n) is 4.26. The zero-order valence-corrected chi connectivity index (χ0v) is 12.7. The number of benzene rings is 2. The Morgan fingerprint density at radius 2 is 1.90 bits per heavy atom. The second-order valence-corrected chi connectivity index (χ2v) is 6.75. The van der Waals surface area contributed by atoms with Crippen molar-refractivity contribution in [3.63, 3.8) is 0 Å². The van der Waals surface area contributed by atoms with Crippen LogP contribution in [0.25, 0.3) is 11.0 Å². The number of rotatable bonds is 3. The highest BCUT2D eigenvalue weighted by Crippen LogP contribution is 2.27. The van der Waals surface area contributed by atoms with E-state index in [9.17, 15) is 8.42 Å². The van der Waals surface area contributed by atoms with Gasteiger partial charge in [-0.1, -0.05) is 28.4 Å². The van der Waals surface area contributed by atoms with Gasteiger partial charge in [0.1, 0.15) is 4.90 Å². The van der Waals surface area contributed by atoms with E-state index in [4.69, 9.17) is 27.7 Å². The van der Waals surface area contributed by atoms with E-state index in [0.29, 0.717) is 16.7 Å². The molecule has 0 aliphatic rings. The van der Waals surface area contributed by atoms with Crippen molar-refractivity contribution in [2.24, 2.45) is 0 Å². The largest absolute Gasteiger partial charge is 0.356 e. The van der Waals surface area contributed by atoms with Crippen LogP contribution < -0.4 is 4.72 Å². The molecule has 1 aromatic heterocycles. The van der Waals surface area contributed by atoms with Crippen molar-refractivity contribution in [3.05, 3.63) is 52.6 Å². The maximum absolute atomic E-state index is 12.4. The maximum atomic E-state index is 12.4. The van der Waals surface area contributed by atoms with Crippen LogP contribution in [0.1, 0.15) is 0 Å². The highest BCUT2D eigenvalue weighted by Gasteiger charge is 2.19. The van der Waals surface area contributed by atoms with Crippen molar-refractivity contribution >= 4 is 49.9 Å². The minimum Gasteiger partial charge on any atom is -0.356 e. The molecule has 0 saturated heterocycles. The first-order chi connectivity index (χ1) is 9.95. The molecule has 2 aromatic carbocycles. The van der Waals surface area contributed by atoms with Crippen LogP contribution in [0.4, 0.5) is 5.69 Å². The summed E-state index contributed by atoms with van der Waals surface area (Å²) >= 11 is 11.7. The summed E-state index contributed by atoms with van der Waals surface area (Å²) in [5.74, 6) is 0. The number of anilines is 1. The van der Waals surface area contributed by atoms with E-state index in [1.807, 2.05) is 0 Å². The number of hydrogen-bond donors (Lipinski definition) is 1. The molecule has 1 N–H and O–H groups in total. The van der Waals surface area contributed by atoms with Crippen LogP contribution in [0.5, 0.6) is 0 Å². The Morgan fingerprint density at radius 3 is 2.71 bits per heavy atom. The van der Waals surface area contributed by atoms with Gasteiger partial charge in [0.05, 0.1) is 11.2 Å². The highest BCUT2D eigenvalue weighted by molar-refractivity contribution is 7.92. The van der Waals surface area contributed by atoms with Gasteiger partial charge >= 0.3 is 0 Å². The number of aromatic nitrogens is 1. The molecule has 0 fully saturated rings. The van der Waals surface area contributed by atoms with Gasteiger partial charge in [-0.2, -0.15) is 0 Å². The number of fused-ring (bicyclic) bond motifs is 1. The normalized spacial score (nSPS) is 11.7. The first kappa shape index (κ1) is 14.2. The molecular formula is C13H8Cl2N2O3S. The van der Waals surface area contributed by atoms with E-state index in [-0.39, 0.29) is 14.9 Å². The Morgan fingerprint density at radius 1 is 1.10 bits per heavy atom. The van der Waals surface area contributed by atoms with Crippen LogP contribution in [-0.2, 0) is 10.0 Å². The van der Waals surface area contributed by atoms with Gasteiger partial charge < -0.3 is 4.52 Å². The van der Waals surface area contributed by atoms with Crippen LogP contribution in [0.15, 0.2) is 52.0 Å². The molecule has 3 rings (SSSR count). The fraction of sp³-hybridized carbons (Fsp3) is 0. The Hall–Kier alpha value is -1.76. The molecule has 0 unspecified atom stereocenters. The lowest BCUT2D eigenvalue weighted by Crippen LogP contribution is -2.13. The minimum atomic E-state index is -3.84. The molecule has 21 heavy (non-hydrogen) atoms. The number of nitrogens with zero attached hydrogens (tertiary/aromatic N) is 1. The Kier molecular flexibility index (Phi) is 3.52. The van der Waals surface area contributed by atoms with E-state index in [0.717, 1.165) is 0 Å². The molecule has 0 radical (unpaired) electrons. The average Bonchev–Trinajstić information content (AvgIpc) is 2.88. The van der Waals surface area contributed by atoms with E-state index >= 15 is 0 Å². The van der Waals surface area contributed by atoms with Gasteiger partial charge in [-0.3, -0.25) is 4.72 Å². The lowest BCUT2D eigenvalue weighted by molar-refractivity contribution is 0.456. The molecule has 0 aliphatic heterocycles. The van der Waals surface area contributed by atoms with E-state index in [2.05, 4.69) is 9.88 Å². The molecule has 1 heterocycles. The average molecular weight is 343 g/mol. The first-order valence-electron chi connectivity index (χ1n) is 5.78. The zero-order chi connectivity index (χ0) is 15.0. The third kappa shape index (κ3) is 2.83. The van der Waals surface area contributed by atoms with Crippen LogP contribution >= 0.6 is 23.2 Å². The highest BCUT2D eigenvalue weighted by atomic mass is 35.5. The van der Waals surface area contributed by atoms with Crippen LogP contribution in [-0.4, -0.2) is 13.6 Å². The van der Waals surface area contributed by atoms with E-state index in [1.165, 1.54) is 24.4 Å². The first-order valence-corrected chi connectivity index (χ1v) is 8.02. The maximum Gasteiger partial charge on any atom is 0.263 e. The number of sulfonamides is 1. The Bertz CT molecular complexity index is 922. The van der Waals surface area contributed by atoms with Crippen molar-refractivity contribution in [3.8, 4) is 0 Å². The molecule has 0 saturated carbocycles. The van der Waals surface area contributed by atoms with Crippen LogP contribution in [0, 0.1) is 0 Å². The Labute approximate surface area is 130 Å². The summed E-state index contributed by atoms with van der Waals surface area (Å²) < 4.78 is 32.1. The molecule has 5 nitrogen and oxygen atoms in total. The summed E-state index contributed by atoms with van der Waals surface area (Å²) in [5, 5.41) is 4.70. The predicted molar refractivity (Wildman–Crippen MR) is 81.3 cm³/mol. The molecule has 108 valence electrons. The molecule has 0 bridgehead atoms. The number of nitrogens with one attached hydrogen (secondary N) is 1. The molecular weight excluding hydrogens is 335 g/mol. The lowest BCUT2D eigenvalue weighted by atomic mass is 10.2. The van der Waals surface area contributed by atoms with Gasteiger partial charge in [0, 0.05) is 16.1 Å². The predicted octanol–water partition coefficient (Wildman–Crippen LogP) is 3.94. The van der Waals surface area contributed by atoms with Crippen molar-refractivity contribution in [2.45, 2.75) is 4.90 Å². The van der Waals surface area contributed by atoms with Gasteiger partial charge in [0.25, 0.3) is 10.0 Å². The van der Waals surface area contributed by atoms with Gasteiger partial charge in [-0.25, -0.2) is 8.42 Å². The fourth-order valence-corrected chi connectivity index (χ4v) is 3.64. The van der Waals surface area contributed by atoms with Crippen molar-refractivity contribution in [1.82, 2.24) is 5.16 Å². The lowest BCUT2D eigenvalue weighted by Gasteiger charge is -2.09. The van der Waals surface area contributed by atoms with Crippen LogP contribution in [0.2, 0.25) is 10.0 Å². The van der Waals surface area contributed by atoms with Crippen molar-refractivity contribution in [1.29, 1.82) is 0 Å². The molecule has 0 amide bonds. The minimum absolute atomic E-state index is 0.0814. The summed E-state index contributed by atoms with van der Waals surface area (Å²) in [6.45, 7) is 0. The summed E-state index contributed by atoms with van der Waals surface area (Å²) in [4.78, 5) is -0.0814. The van der Waals surface area contributed by atoms with Crippen LogP contribution in [0.3, 0.4) is 0 Å². The van der Waals surface area contributed by atoms with Gasteiger partial charge in [0.2, 0.25) is 0 Å². The molecule has 0 aliphatic carbocycles. The fourth-order valence-electron chi connectivity index (χ4n) is 1.83. The standard InChI is InChI=1S/C13H8Cl2N2O3S/c14-9-1-3-11(15)13(6-9)21(18,19)17-10-2-4-12-8(5-10)7-16-20-12/h1-7,17H. The van der Waals surface area contributed by atoms with Crippen molar-refractivity contribution in [2.75, 3.05) is 4.72 Å². The number of halogens is 2. The Balaban J connectivity index is 2.00. The topological polar surface area (TPSA) is 72.2 Å². The summed E-state index contributed by atoms with van der Waals surface area (Å²) in [7, 11) is -3.84. The summed E-state index contributed by atoms with van der Waals surface area (Å²) in [5.41, 5.74) is 0.945. The van der Waals surface area contributed by atoms with Gasteiger partial charge in [0.15, 0.2) is 5.58 Å². The third-order valence-electron chi connectivity index (χ3n) is 2.79. The van der Waals surface area contributed by atoms with Gasteiger partial charge in [-0.15, -0.1) is 0 Å². The smallest absolute Gasteiger partial charge is 0.263 e. The van der Waals surface area contributed by atoms with E-state index in [1.54, 1.807) is 18.2 Å². The SMILES string of the molecule is O=S(=O)(Nc1ccc2oncc2c1)c1cc(Cl)ccc1Cl. The molecule has 8 heteroatoms. The van der Waals surface area contributed by atoms with Gasteiger partial charge in [-0.05, 0) is 36.4 Å². The van der Waals surface area contributed by atoms with E-state index < -0.39 is 10.0 Å². The molecule has 3 aromatic rings. The summed E-state index contributed by atoms with van der Waals surface area (Å²) in [6, 6.07) is 9.06. The molecule has 0 atom stereocenters. The second kappa shape index (κ2) is 5.22.